The van der Waals surface area contributed by atoms with Crippen LogP contribution in [0.2, 0.25) is 5.15 Å². The molecule has 9 heteroatoms. The largest absolute Gasteiger partial charge is 0.489 e. The Hall–Kier alpha value is -2.61. The number of pyridine rings is 1. The third-order valence-corrected chi connectivity index (χ3v) is 5.01. The van der Waals surface area contributed by atoms with Crippen molar-refractivity contribution < 1.29 is 14.3 Å². The topological polar surface area (TPSA) is 89.5 Å². The molecule has 2 aromatic heterocycles. The van der Waals surface area contributed by atoms with Crippen molar-refractivity contribution in [1.29, 1.82) is 0 Å². The molecule has 1 aliphatic rings. The van der Waals surface area contributed by atoms with Crippen molar-refractivity contribution in [2.24, 2.45) is 0 Å². The number of nitrogens with one attached hydrogen (secondary N) is 1. The maximum atomic E-state index is 12.3. The Kier molecular flexibility index (Phi) is 6.74. The summed E-state index contributed by atoms with van der Waals surface area (Å²) >= 11 is 6.28. The smallest absolute Gasteiger partial charge is 0.289 e. The van der Waals surface area contributed by atoms with Gasteiger partial charge in [-0.15, -0.1) is 0 Å². The summed E-state index contributed by atoms with van der Waals surface area (Å²) in [4.78, 5) is 27.2. The van der Waals surface area contributed by atoms with Gasteiger partial charge in [0.05, 0.1) is 13.3 Å². The van der Waals surface area contributed by atoms with Gasteiger partial charge in [-0.3, -0.25) is 4.79 Å². The highest BCUT2D eigenvalue weighted by atomic mass is 35.5. The lowest BCUT2D eigenvalue weighted by Gasteiger charge is -2.33. The molecule has 156 valence electrons. The molecule has 3 heterocycles. The van der Waals surface area contributed by atoms with Crippen molar-refractivity contribution in [3.05, 3.63) is 34.9 Å². The number of amides is 1. The zero-order chi connectivity index (χ0) is 21.0. The highest BCUT2D eigenvalue weighted by molar-refractivity contribution is 6.30. The first-order valence-corrected chi connectivity index (χ1v) is 10.0. The fourth-order valence-electron chi connectivity index (χ4n) is 3.15. The van der Waals surface area contributed by atoms with Gasteiger partial charge in [0, 0.05) is 43.6 Å². The van der Waals surface area contributed by atoms with Crippen molar-refractivity contribution in [3.63, 3.8) is 0 Å². The number of hydrogen-bond acceptors (Lipinski definition) is 7. The van der Waals surface area contributed by atoms with E-state index in [0.717, 1.165) is 37.2 Å². The van der Waals surface area contributed by atoms with E-state index < -0.39 is 0 Å². The van der Waals surface area contributed by atoms with Gasteiger partial charge in [0.25, 0.3) is 5.91 Å². The molecule has 1 amide bonds. The van der Waals surface area contributed by atoms with E-state index in [-0.39, 0.29) is 23.9 Å². The number of halogens is 1. The maximum Gasteiger partial charge on any atom is 0.289 e. The number of rotatable bonds is 6. The van der Waals surface area contributed by atoms with Crippen LogP contribution in [0.25, 0.3) is 0 Å². The highest BCUT2D eigenvalue weighted by Gasteiger charge is 2.25. The molecule has 1 N–H and O–H groups in total. The summed E-state index contributed by atoms with van der Waals surface area (Å²) in [5, 5.41) is 3.10. The van der Waals surface area contributed by atoms with Crippen LogP contribution in [-0.2, 0) is 0 Å². The van der Waals surface area contributed by atoms with Crippen LogP contribution in [0.1, 0.15) is 42.9 Å². The van der Waals surface area contributed by atoms with Crippen LogP contribution < -0.4 is 19.7 Å². The lowest BCUT2D eigenvalue weighted by Crippen LogP contribution is -2.39. The molecule has 0 saturated carbocycles. The van der Waals surface area contributed by atoms with Gasteiger partial charge in [-0.05, 0) is 26.8 Å². The molecule has 0 atom stereocenters. The molecule has 1 aliphatic heterocycles. The zero-order valence-corrected chi connectivity index (χ0v) is 17.9. The molecule has 1 fully saturated rings. The van der Waals surface area contributed by atoms with Crippen molar-refractivity contribution >= 4 is 23.3 Å². The van der Waals surface area contributed by atoms with Crippen LogP contribution in [0.15, 0.2) is 18.3 Å². The minimum Gasteiger partial charge on any atom is -0.489 e. The summed E-state index contributed by atoms with van der Waals surface area (Å²) in [5.41, 5.74) is 0.770. The Balaban J connectivity index is 1.66. The lowest BCUT2D eigenvalue weighted by atomic mass is 10.1. The van der Waals surface area contributed by atoms with E-state index in [1.807, 2.05) is 26.8 Å². The molecule has 0 radical (unpaired) electrons. The SMILES string of the molecule is COc1ccc(OC2CCN(c3nc(C(=O)NC(C)C)nc(Cl)c3C)CC2)cn1. The summed E-state index contributed by atoms with van der Waals surface area (Å²) < 4.78 is 11.1. The Morgan fingerprint density at radius 2 is 2.00 bits per heavy atom. The van der Waals surface area contributed by atoms with Crippen LogP contribution in [0.5, 0.6) is 11.6 Å². The van der Waals surface area contributed by atoms with Crippen molar-refractivity contribution in [3.8, 4) is 11.6 Å². The number of nitrogens with zero attached hydrogens (tertiary/aromatic N) is 4. The third-order valence-electron chi connectivity index (χ3n) is 4.65. The number of carbonyl (C=O) groups excluding carboxylic acids is 1. The highest BCUT2D eigenvalue weighted by Crippen LogP contribution is 2.27. The quantitative estimate of drug-likeness (QED) is 0.719. The second kappa shape index (κ2) is 9.26. The second-order valence-electron chi connectivity index (χ2n) is 7.26. The van der Waals surface area contributed by atoms with Crippen LogP contribution in [-0.4, -0.2) is 53.2 Å². The first-order valence-electron chi connectivity index (χ1n) is 9.64. The summed E-state index contributed by atoms with van der Waals surface area (Å²) in [7, 11) is 1.58. The van der Waals surface area contributed by atoms with E-state index in [9.17, 15) is 4.79 Å². The zero-order valence-electron chi connectivity index (χ0n) is 17.1. The molecule has 29 heavy (non-hydrogen) atoms. The Labute approximate surface area is 175 Å². The minimum atomic E-state index is -0.326. The van der Waals surface area contributed by atoms with Gasteiger partial charge < -0.3 is 19.7 Å². The minimum absolute atomic E-state index is 0.00466. The number of hydrogen-bond donors (Lipinski definition) is 1. The van der Waals surface area contributed by atoms with Crippen molar-refractivity contribution in [1.82, 2.24) is 20.3 Å². The molecule has 1 saturated heterocycles. The third kappa shape index (κ3) is 5.26. The fourth-order valence-corrected chi connectivity index (χ4v) is 3.31. The van der Waals surface area contributed by atoms with Gasteiger partial charge in [-0.25, -0.2) is 15.0 Å². The second-order valence-corrected chi connectivity index (χ2v) is 7.61. The molecule has 2 aromatic rings. The van der Waals surface area contributed by atoms with Crippen molar-refractivity contribution in [2.75, 3.05) is 25.1 Å². The first-order chi connectivity index (χ1) is 13.9. The van der Waals surface area contributed by atoms with E-state index in [4.69, 9.17) is 21.1 Å². The van der Waals surface area contributed by atoms with Crippen LogP contribution >= 0.6 is 11.6 Å². The average Bonchev–Trinajstić information content (AvgIpc) is 2.70. The van der Waals surface area contributed by atoms with E-state index in [0.29, 0.717) is 16.9 Å². The fraction of sp³-hybridized carbons (Fsp3) is 0.500. The molecule has 0 unspecified atom stereocenters. The first kappa shape index (κ1) is 21.1. The molecule has 0 aliphatic carbocycles. The number of ether oxygens (including phenoxy) is 2. The Bertz CT molecular complexity index is 852. The monoisotopic (exact) mass is 419 g/mol. The van der Waals surface area contributed by atoms with Gasteiger partial charge in [0.2, 0.25) is 11.7 Å². The average molecular weight is 420 g/mol. The van der Waals surface area contributed by atoms with E-state index in [2.05, 4.69) is 25.2 Å². The molecule has 0 bridgehead atoms. The summed E-state index contributed by atoms with van der Waals surface area (Å²) in [6.07, 6.45) is 3.39. The standard InChI is InChI=1S/C20H26ClN5O3/c1-12(2)23-20(27)18-24-17(21)13(3)19(25-18)26-9-7-14(8-10-26)29-15-5-6-16(28-4)22-11-15/h5-6,11-12,14H,7-10H2,1-4H3,(H,23,27). The van der Waals surface area contributed by atoms with Gasteiger partial charge >= 0.3 is 0 Å². The van der Waals surface area contributed by atoms with E-state index in [1.165, 1.54) is 0 Å². The van der Waals surface area contributed by atoms with Crippen LogP contribution in [0, 0.1) is 6.92 Å². The normalized spacial score (nSPS) is 14.8. The Morgan fingerprint density at radius 3 is 2.59 bits per heavy atom. The Morgan fingerprint density at radius 1 is 1.28 bits per heavy atom. The van der Waals surface area contributed by atoms with E-state index >= 15 is 0 Å². The predicted octanol–water partition coefficient (Wildman–Crippen LogP) is 3.03. The molecule has 0 aromatic carbocycles. The predicted molar refractivity (Wildman–Crippen MR) is 111 cm³/mol. The summed E-state index contributed by atoms with van der Waals surface area (Å²) in [5.74, 6) is 1.74. The molecular formula is C20H26ClN5O3. The van der Waals surface area contributed by atoms with Crippen LogP contribution in [0.3, 0.4) is 0 Å². The molecule has 3 rings (SSSR count). The van der Waals surface area contributed by atoms with Crippen LogP contribution in [0.4, 0.5) is 5.82 Å². The maximum absolute atomic E-state index is 12.3. The molecule has 0 spiro atoms. The van der Waals surface area contributed by atoms with Gasteiger partial charge in [-0.1, -0.05) is 11.6 Å². The van der Waals surface area contributed by atoms with Gasteiger partial charge in [-0.2, -0.15) is 0 Å². The number of anilines is 1. The van der Waals surface area contributed by atoms with Gasteiger partial charge in [0.15, 0.2) is 0 Å². The summed E-state index contributed by atoms with van der Waals surface area (Å²) in [6, 6.07) is 3.63. The molecule has 8 nitrogen and oxygen atoms in total. The number of methoxy groups -OCH3 is 1. The van der Waals surface area contributed by atoms with Crippen molar-refractivity contribution in [2.45, 2.75) is 45.8 Å². The summed E-state index contributed by atoms with van der Waals surface area (Å²) in [6.45, 7) is 7.13. The molecular weight excluding hydrogens is 394 g/mol. The van der Waals surface area contributed by atoms with E-state index in [1.54, 1.807) is 19.4 Å². The van der Waals surface area contributed by atoms with Gasteiger partial charge in [0.1, 0.15) is 22.8 Å². The number of aromatic nitrogens is 3. The number of carbonyl (C=O) groups is 1. The lowest BCUT2D eigenvalue weighted by molar-refractivity contribution is 0.0932. The number of piperidine rings is 1.